The predicted octanol–water partition coefficient (Wildman–Crippen LogP) is 4.32. The highest BCUT2D eigenvalue weighted by molar-refractivity contribution is 7.13. The smallest absolute Gasteiger partial charge is 0.277 e. The Bertz CT molecular complexity index is 821. The largest absolute Gasteiger partial charge is 0.332 e. The first-order valence-electron chi connectivity index (χ1n) is 7.80. The Kier molecular flexibility index (Phi) is 4.71. The van der Waals surface area contributed by atoms with Crippen molar-refractivity contribution in [3.05, 3.63) is 41.0 Å². The van der Waals surface area contributed by atoms with E-state index < -0.39 is 5.54 Å². The summed E-state index contributed by atoms with van der Waals surface area (Å²) >= 11 is 1.57. The Morgan fingerprint density at radius 2 is 1.83 bits per heavy atom. The fourth-order valence-electron chi connectivity index (χ4n) is 2.96. The van der Waals surface area contributed by atoms with E-state index in [9.17, 15) is 0 Å². The number of nitrogens with two attached hydrogens (primary N) is 1. The van der Waals surface area contributed by atoms with Gasteiger partial charge in [0.15, 0.2) is 5.82 Å². The standard InChI is InChI=1S/C17H18N4OS.ClH/c1-11-4-6-12(7-5-11)15-19-13(10-23-15)14-20-16(21-22-14)17(18)8-2-3-9-17;/h4-7,10H,2-3,8-9,18H2,1H3;1H. The number of benzene rings is 1. The Morgan fingerprint density at radius 1 is 1.12 bits per heavy atom. The van der Waals surface area contributed by atoms with E-state index in [1.54, 1.807) is 11.3 Å². The maximum atomic E-state index is 6.38. The molecule has 0 amide bonds. The molecule has 4 rings (SSSR count). The molecule has 0 spiro atoms. The zero-order valence-corrected chi connectivity index (χ0v) is 15.0. The SMILES string of the molecule is Cc1ccc(-c2nc(-c3nc(C4(N)CCCC4)no3)cs2)cc1.Cl. The van der Waals surface area contributed by atoms with Gasteiger partial charge in [0.1, 0.15) is 10.7 Å². The Hall–Kier alpha value is -1.76. The number of aryl methyl sites for hydroxylation is 1. The summed E-state index contributed by atoms with van der Waals surface area (Å²) < 4.78 is 5.40. The highest BCUT2D eigenvalue weighted by atomic mass is 35.5. The molecule has 1 aliphatic carbocycles. The molecule has 0 atom stereocenters. The second-order valence-corrected chi connectivity index (χ2v) is 7.05. The van der Waals surface area contributed by atoms with Crippen LogP contribution in [0.25, 0.3) is 22.2 Å². The summed E-state index contributed by atoms with van der Waals surface area (Å²) in [7, 11) is 0. The molecule has 0 bridgehead atoms. The first-order valence-corrected chi connectivity index (χ1v) is 8.68. The number of hydrogen-bond acceptors (Lipinski definition) is 6. The molecule has 2 aromatic heterocycles. The fourth-order valence-corrected chi connectivity index (χ4v) is 3.76. The number of halogens is 1. The van der Waals surface area contributed by atoms with Gasteiger partial charge in [0.25, 0.3) is 5.89 Å². The second-order valence-electron chi connectivity index (χ2n) is 6.19. The maximum absolute atomic E-state index is 6.38. The van der Waals surface area contributed by atoms with E-state index in [1.807, 2.05) is 5.38 Å². The van der Waals surface area contributed by atoms with Crippen LogP contribution in [0, 0.1) is 6.92 Å². The van der Waals surface area contributed by atoms with Gasteiger partial charge in [-0.3, -0.25) is 0 Å². The van der Waals surface area contributed by atoms with Gasteiger partial charge in [-0.05, 0) is 19.8 Å². The van der Waals surface area contributed by atoms with E-state index in [2.05, 4.69) is 46.3 Å². The number of rotatable bonds is 3. The van der Waals surface area contributed by atoms with E-state index >= 15 is 0 Å². The van der Waals surface area contributed by atoms with Gasteiger partial charge in [-0.2, -0.15) is 4.98 Å². The molecular formula is C17H19ClN4OS. The molecule has 0 aliphatic heterocycles. The molecule has 7 heteroatoms. The van der Waals surface area contributed by atoms with Crippen LogP contribution in [-0.4, -0.2) is 15.1 Å². The minimum Gasteiger partial charge on any atom is -0.332 e. The van der Waals surface area contributed by atoms with Crippen LogP contribution in [-0.2, 0) is 5.54 Å². The third-order valence-electron chi connectivity index (χ3n) is 4.39. The van der Waals surface area contributed by atoms with Crippen molar-refractivity contribution < 1.29 is 4.52 Å². The molecular weight excluding hydrogens is 344 g/mol. The van der Waals surface area contributed by atoms with Crippen molar-refractivity contribution in [3.8, 4) is 22.2 Å². The quantitative estimate of drug-likeness (QED) is 0.750. The summed E-state index contributed by atoms with van der Waals surface area (Å²) in [5, 5.41) is 6.99. The fraction of sp³-hybridized carbons (Fsp3) is 0.353. The summed E-state index contributed by atoms with van der Waals surface area (Å²) in [5.41, 5.74) is 8.99. The van der Waals surface area contributed by atoms with Crippen molar-refractivity contribution >= 4 is 23.7 Å². The molecule has 3 aromatic rings. The van der Waals surface area contributed by atoms with Crippen LogP contribution >= 0.6 is 23.7 Å². The Labute approximate surface area is 150 Å². The van der Waals surface area contributed by atoms with Crippen molar-refractivity contribution in [2.45, 2.75) is 38.1 Å². The first kappa shape index (κ1) is 17.1. The monoisotopic (exact) mass is 362 g/mol. The molecule has 0 unspecified atom stereocenters. The molecule has 1 saturated carbocycles. The summed E-state index contributed by atoms with van der Waals surface area (Å²) in [5.74, 6) is 1.06. The van der Waals surface area contributed by atoms with Crippen LogP contribution in [0.1, 0.15) is 37.1 Å². The minimum atomic E-state index is -0.433. The van der Waals surface area contributed by atoms with Gasteiger partial charge >= 0.3 is 0 Å². The number of thiazole rings is 1. The molecule has 2 N–H and O–H groups in total. The Morgan fingerprint density at radius 3 is 2.54 bits per heavy atom. The van der Waals surface area contributed by atoms with Gasteiger partial charge in [0, 0.05) is 10.9 Å². The summed E-state index contributed by atoms with van der Waals surface area (Å²) in [6, 6.07) is 8.31. The van der Waals surface area contributed by atoms with E-state index in [4.69, 9.17) is 10.3 Å². The molecule has 5 nitrogen and oxygen atoms in total. The molecule has 0 radical (unpaired) electrons. The topological polar surface area (TPSA) is 77.8 Å². The average Bonchev–Trinajstić information content (AvgIpc) is 3.28. The second kappa shape index (κ2) is 6.63. The molecule has 0 saturated heterocycles. The highest BCUT2D eigenvalue weighted by Gasteiger charge is 2.36. The number of nitrogens with zero attached hydrogens (tertiary/aromatic N) is 3. The maximum Gasteiger partial charge on any atom is 0.277 e. The minimum absolute atomic E-state index is 0. The van der Waals surface area contributed by atoms with Gasteiger partial charge in [-0.25, -0.2) is 4.98 Å². The summed E-state index contributed by atoms with van der Waals surface area (Å²) in [6.07, 6.45) is 4.07. The van der Waals surface area contributed by atoms with E-state index in [1.165, 1.54) is 5.56 Å². The summed E-state index contributed by atoms with van der Waals surface area (Å²) in [6.45, 7) is 2.07. The highest BCUT2D eigenvalue weighted by Crippen LogP contribution is 2.36. The lowest BCUT2D eigenvalue weighted by Gasteiger charge is -2.17. The zero-order chi connectivity index (χ0) is 15.9. The number of hydrogen-bond donors (Lipinski definition) is 1. The Balaban J connectivity index is 0.00000169. The van der Waals surface area contributed by atoms with Gasteiger partial charge in [0.2, 0.25) is 0 Å². The van der Waals surface area contributed by atoms with Crippen LogP contribution in [0.3, 0.4) is 0 Å². The van der Waals surface area contributed by atoms with Crippen molar-refractivity contribution in [3.63, 3.8) is 0 Å². The summed E-state index contributed by atoms with van der Waals surface area (Å²) in [4.78, 5) is 9.12. The van der Waals surface area contributed by atoms with Crippen molar-refractivity contribution in [2.75, 3.05) is 0 Å². The van der Waals surface area contributed by atoms with E-state index in [-0.39, 0.29) is 12.4 Å². The lowest BCUT2D eigenvalue weighted by Crippen LogP contribution is -2.34. The first-order chi connectivity index (χ1) is 11.1. The number of aromatic nitrogens is 3. The van der Waals surface area contributed by atoms with Crippen molar-refractivity contribution in [1.29, 1.82) is 0 Å². The molecule has 1 aromatic carbocycles. The van der Waals surface area contributed by atoms with Gasteiger partial charge in [-0.15, -0.1) is 23.7 Å². The lowest BCUT2D eigenvalue weighted by molar-refractivity contribution is 0.372. The van der Waals surface area contributed by atoms with Crippen LogP contribution in [0.5, 0.6) is 0 Å². The normalized spacial score (nSPS) is 16.1. The molecule has 1 aliphatic rings. The van der Waals surface area contributed by atoms with Crippen LogP contribution in [0.15, 0.2) is 34.2 Å². The average molecular weight is 363 g/mol. The molecule has 126 valence electrons. The van der Waals surface area contributed by atoms with Gasteiger partial charge in [0.05, 0.1) is 5.54 Å². The van der Waals surface area contributed by atoms with E-state index in [0.29, 0.717) is 17.4 Å². The van der Waals surface area contributed by atoms with Crippen LogP contribution < -0.4 is 5.73 Å². The molecule has 1 fully saturated rings. The van der Waals surface area contributed by atoms with Crippen molar-refractivity contribution in [2.24, 2.45) is 5.73 Å². The molecule has 2 heterocycles. The van der Waals surface area contributed by atoms with Gasteiger partial charge in [-0.1, -0.05) is 47.8 Å². The third kappa shape index (κ3) is 3.09. The zero-order valence-electron chi connectivity index (χ0n) is 13.4. The third-order valence-corrected chi connectivity index (χ3v) is 5.28. The van der Waals surface area contributed by atoms with Crippen LogP contribution in [0.2, 0.25) is 0 Å². The van der Waals surface area contributed by atoms with E-state index in [0.717, 1.165) is 36.3 Å². The van der Waals surface area contributed by atoms with Crippen LogP contribution in [0.4, 0.5) is 0 Å². The predicted molar refractivity (Wildman–Crippen MR) is 97.2 cm³/mol. The molecule has 24 heavy (non-hydrogen) atoms. The van der Waals surface area contributed by atoms with Gasteiger partial charge < -0.3 is 10.3 Å². The van der Waals surface area contributed by atoms with Crippen molar-refractivity contribution in [1.82, 2.24) is 15.1 Å². The lowest BCUT2D eigenvalue weighted by atomic mass is 9.99.